The molecule has 0 aromatic heterocycles. The van der Waals surface area contributed by atoms with Gasteiger partial charge in [-0.3, -0.25) is 14.4 Å². The fourth-order valence-electron chi connectivity index (χ4n) is 10.6. The SMILES string of the molecule is CCCCCCCCCCCCCCCCCCCCCC(=O)OCC(COC1OC(C(=O)O)C(O)C(O)C1OC(=O)CCCCCCCCCCCCCCCCCCCCC)OC(=O)CCCCCCCCCCC. The molecule has 0 amide bonds. The van der Waals surface area contributed by atoms with E-state index in [1.807, 2.05) is 0 Å². The van der Waals surface area contributed by atoms with Crippen molar-refractivity contribution in [2.24, 2.45) is 0 Å². The Bertz CT molecular complexity index is 1340. The van der Waals surface area contributed by atoms with Crippen LogP contribution in [0.2, 0.25) is 0 Å². The summed E-state index contributed by atoms with van der Waals surface area (Å²) in [5, 5.41) is 31.5. The predicted octanol–water partition coefficient (Wildman–Crippen LogP) is 17.5. The Morgan fingerprint density at radius 1 is 0.377 bits per heavy atom. The number of hydrogen-bond donors (Lipinski definition) is 3. The lowest BCUT2D eigenvalue weighted by molar-refractivity contribution is -0.301. The molecule has 6 atom stereocenters. The molecule has 77 heavy (non-hydrogen) atoms. The maximum absolute atomic E-state index is 13.1. The van der Waals surface area contributed by atoms with Crippen LogP contribution in [0.25, 0.3) is 0 Å². The van der Waals surface area contributed by atoms with E-state index in [9.17, 15) is 34.5 Å². The van der Waals surface area contributed by atoms with Crippen molar-refractivity contribution in [1.29, 1.82) is 0 Å². The van der Waals surface area contributed by atoms with E-state index >= 15 is 0 Å². The lowest BCUT2D eigenvalue weighted by atomic mass is 9.98. The second kappa shape index (κ2) is 54.3. The third kappa shape index (κ3) is 44.1. The number of ether oxygens (including phenoxy) is 5. The summed E-state index contributed by atoms with van der Waals surface area (Å²) in [6, 6.07) is 0. The van der Waals surface area contributed by atoms with Crippen molar-refractivity contribution >= 4 is 23.9 Å². The van der Waals surface area contributed by atoms with Crippen molar-refractivity contribution < 1.29 is 58.2 Å². The molecule has 454 valence electrons. The third-order valence-electron chi connectivity index (χ3n) is 15.7. The van der Waals surface area contributed by atoms with Crippen LogP contribution in [0.3, 0.4) is 0 Å². The zero-order chi connectivity index (χ0) is 56.1. The Morgan fingerprint density at radius 2 is 0.662 bits per heavy atom. The highest BCUT2D eigenvalue weighted by Gasteiger charge is 2.50. The average molecular weight is 1100 g/mol. The number of hydrogen-bond acceptors (Lipinski definition) is 11. The molecule has 1 heterocycles. The van der Waals surface area contributed by atoms with Gasteiger partial charge in [0.25, 0.3) is 0 Å². The highest BCUT2D eigenvalue weighted by molar-refractivity contribution is 5.74. The van der Waals surface area contributed by atoms with Crippen LogP contribution < -0.4 is 0 Å². The molecule has 0 bridgehead atoms. The molecule has 6 unspecified atom stereocenters. The molecule has 1 saturated heterocycles. The monoisotopic (exact) mass is 1090 g/mol. The van der Waals surface area contributed by atoms with E-state index in [4.69, 9.17) is 23.7 Å². The minimum absolute atomic E-state index is 0.0712. The molecular formula is C65H122O12. The fraction of sp³-hybridized carbons (Fsp3) is 0.938. The van der Waals surface area contributed by atoms with Crippen molar-refractivity contribution in [3.05, 3.63) is 0 Å². The minimum atomic E-state index is -1.89. The molecule has 1 aliphatic heterocycles. The molecule has 3 N–H and O–H groups in total. The normalized spacial score (nSPS) is 17.9. The fourth-order valence-corrected chi connectivity index (χ4v) is 10.6. The molecule has 0 saturated carbocycles. The molecule has 12 nitrogen and oxygen atoms in total. The summed E-state index contributed by atoms with van der Waals surface area (Å²) >= 11 is 0. The van der Waals surface area contributed by atoms with Gasteiger partial charge in [0.05, 0.1) is 6.61 Å². The second-order valence-corrected chi connectivity index (χ2v) is 23.1. The van der Waals surface area contributed by atoms with Gasteiger partial charge in [0.1, 0.15) is 18.8 Å². The van der Waals surface area contributed by atoms with Crippen molar-refractivity contribution in [2.75, 3.05) is 13.2 Å². The van der Waals surface area contributed by atoms with E-state index in [2.05, 4.69) is 20.8 Å². The average Bonchev–Trinajstić information content (AvgIpc) is 3.42. The van der Waals surface area contributed by atoms with E-state index in [0.717, 1.165) is 57.8 Å². The lowest BCUT2D eigenvalue weighted by Gasteiger charge is -2.40. The number of carboxylic acids is 1. The molecule has 1 rings (SSSR count). The summed E-state index contributed by atoms with van der Waals surface area (Å²) in [5.41, 5.74) is 0. The number of rotatable bonds is 58. The number of esters is 3. The summed E-state index contributed by atoms with van der Waals surface area (Å²) in [6.45, 7) is 6.04. The summed E-state index contributed by atoms with van der Waals surface area (Å²) in [7, 11) is 0. The van der Waals surface area contributed by atoms with Crippen LogP contribution in [-0.2, 0) is 42.9 Å². The van der Waals surface area contributed by atoms with E-state index < -0.39 is 67.3 Å². The second-order valence-electron chi connectivity index (χ2n) is 23.1. The van der Waals surface area contributed by atoms with Gasteiger partial charge in [0, 0.05) is 19.3 Å². The number of carbonyl (C=O) groups excluding carboxylic acids is 3. The summed E-state index contributed by atoms with van der Waals surface area (Å²) in [5.74, 6) is -3.07. The number of aliphatic hydroxyl groups is 2. The van der Waals surface area contributed by atoms with Gasteiger partial charge in [-0.15, -0.1) is 0 Å². The Labute approximate surface area is 472 Å². The van der Waals surface area contributed by atoms with Crippen LogP contribution >= 0.6 is 0 Å². The number of aliphatic hydroxyl groups excluding tert-OH is 2. The zero-order valence-corrected chi connectivity index (χ0v) is 50.2. The van der Waals surface area contributed by atoms with E-state index in [-0.39, 0.29) is 25.9 Å². The van der Waals surface area contributed by atoms with Crippen molar-refractivity contribution in [3.63, 3.8) is 0 Å². The number of aliphatic carboxylic acids is 1. The Balaban J connectivity index is 2.54. The van der Waals surface area contributed by atoms with Crippen molar-refractivity contribution in [1.82, 2.24) is 0 Å². The van der Waals surface area contributed by atoms with Crippen LogP contribution in [0.4, 0.5) is 0 Å². The summed E-state index contributed by atoms with van der Waals surface area (Å²) < 4.78 is 28.5. The molecule has 1 fully saturated rings. The highest BCUT2D eigenvalue weighted by atomic mass is 16.7. The minimum Gasteiger partial charge on any atom is -0.479 e. The standard InChI is InChI=1S/C65H122O12/c1-4-7-10-13-16-19-21-23-25-27-29-31-33-35-37-40-42-45-48-51-57(66)73-54-56(75-58(67)52-49-46-43-39-18-15-12-9-6-3)55-74-65-63(61(70)60(69)62(77-65)64(71)72)76-59(68)53-50-47-44-41-38-36-34-32-30-28-26-24-22-20-17-14-11-8-5-2/h56,60-63,65,69-70H,4-55H2,1-3H3,(H,71,72). The summed E-state index contributed by atoms with van der Waals surface area (Å²) in [6.07, 6.45) is 48.0. The molecule has 0 spiro atoms. The Kier molecular flexibility index (Phi) is 51.3. The van der Waals surface area contributed by atoms with Crippen LogP contribution in [0, 0.1) is 0 Å². The molecule has 0 aromatic rings. The first-order valence-corrected chi connectivity index (χ1v) is 33.0. The highest BCUT2D eigenvalue weighted by Crippen LogP contribution is 2.27. The van der Waals surface area contributed by atoms with Gasteiger partial charge in [-0.1, -0.05) is 303 Å². The third-order valence-corrected chi connectivity index (χ3v) is 15.7. The molecule has 12 heteroatoms. The van der Waals surface area contributed by atoms with Crippen LogP contribution in [0.5, 0.6) is 0 Å². The van der Waals surface area contributed by atoms with E-state index in [0.29, 0.717) is 19.3 Å². The topological polar surface area (TPSA) is 175 Å². The van der Waals surface area contributed by atoms with Crippen LogP contribution in [0.15, 0.2) is 0 Å². The molecular weight excluding hydrogens is 973 g/mol. The number of carboxylic acid groups (broad SMARTS) is 1. The Morgan fingerprint density at radius 3 is 0.974 bits per heavy atom. The lowest BCUT2D eigenvalue weighted by Crippen LogP contribution is -2.61. The maximum atomic E-state index is 13.1. The van der Waals surface area contributed by atoms with E-state index in [1.165, 1.54) is 225 Å². The van der Waals surface area contributed by atoms with Gasteiger partial charge in [0.15, 0.2) is 24.6 Å². The van der Waals surface area contributed by atoms with E-state index in [1.54, 1.807) is 0 Å². The van der Waals surface area contributed by atoms with Gasteiger partial charge in [-0.05, 0) is 19.3 Å². The first-order chi connectivity index (χ1) is 37.6. The summed E-state index contributed by atoms with van der Waals surface area (Å²) in [4.78, 5) is 51.2. The molecule has 0 aromatic carbocycles. The van der Waals surface area contributed by atoms with Crippen molar-refractivity contribution in [2.45, 2.75) is 379 Å². The van der Waals surface area contributed by atoms with Gasteiger partial charge in [0.2, 0.25) is 0 Å². The first kappa shape index (κ1) is 72.7. The smallest absolute Gasteiger partial charge is 0.335 e. The zero-order valence-electron chi connectivity index (χ0n) is 50.2. The molecule has 1 aliphatic rings. The maximum Gasteiger partial charge on any atom is 0.335 e. The number of unbranched alkanes of at least 4 members (excludes halogenated alkanes) is 44. The predicted molar refractivity (Wildman–Crippen MR) is 313 cm³/mol. The largest absolute Gasteiger partial charge is 0.479 e. The van der Waals surface area contributed by atoms with Gasteiger partial charge in [-0.2, -0.15) is 0 Å². The van der Waals surface area contributed by atoms with Crippen LogP contribution in [-0.4, -0.2) is 89.2 Å². The van der Waals surface area contributed by atoms with Gasteiger partial charge >= 0.3 is 23.9 Å². The molecule has 0 aliphatic carbocycles. The molecule has 0 radical (unpaired) electrons. The van der Waals surface area contributed by atoms with Gasteiger partial charge in [-0.25, -0.2) is 4.79 Å². The van der Waals surface area contributed by atoms with Crippen molar-refractivity contribution in [3.8, 4) is 0 Å². The van der Waals surface area contributed by atoms with Crippen LogP contribution in [0.1, 0.15) is 342 Å². The number of carbonyl (C=O) groups is 4. The van der Waals surface area contributed by atoms with Gasteiger partial charge < -0.3 is 39.0 Å². The Hall–Kier alpha value is -2.28. The first-order valence-electron chi connectivity index (χ1n) is 33.0. The quantitative estimate of drug-likeness (QED) is 0.0299.